The number of amides is 1. The molecule has 3 heteroatoms. The summed E-state index contributed by atoms with van der Waals surface area (Å²) in [5.41, 5.74) is 4.59. The van der Waals surface area contributed by atoms with E-state index in [9.17, 15) is 9.90 Å². The molecule has 3 nitrogen and oxygen atoms in total. The zero-order valence-electron chi connectivity index (χ0n) is 9.34. The van der Waals surface area contributed by atoms with Crippen LogP contribution < -0.4 is 5.73 Å². The minimum atomic E-state index is -0.588. The molecule has 1 aliphatic rings. The van der Waals surface area contributed by atoms with Crippen LogP contribution in [-0.2, 0) is 4.79 Å². The molecule has 0 radical (unpaired) electrons. The fourth-order valence-corrected chi connectivity index (χ4v) is 2.69. The summed E-state index contributed by atoms with van der Waals surface area (Å²) in [6.07, 6.45) is 2.83. The van der Waals surface area contributed by atoms with Gasteiger partial charge in [0.05, 0.1) is 5.60 Å². The molecule has 0 aromatic carbocycles. The van der Waals surface area contributed by atoms with Gasteiger partial charge in [-0.1, -0.05) is 20.8 Å². The molecule has 0 unspecified atom stereocenters. The van der Waals surface area contributed by atoms with Crippen LogP contribution in [0.3, 0.4) is 0 Å². The van der Waals surface area contributed by atoms with Gasteiger partial charge in [0.1, 0.15) is 0 Å². The maximum absolute atomic E-state index is 11.2. The molecule has 1 saturated carbocycles. The number of carbonyl (C=O) groups is 1. The fourth-order valence-electron chi connectivity index (χ4n) is 2.69. The van der Waals surface area contributed by atoms with Gasteiger partial charge in [-0.05, 0) is 31.1 Å². The highest BCUT2D eigenvalue weighted by Gasteiger charge is 2.45. The van der Waals surface area contributed by atoms with Gasteiger partial charge < -0.3 is 10.8 Å². The van der Waals surface area contributed by atoms with Crippen molar-refractivity contribution < 1.29 is 9.90 Å². The second-order valence-corrected chi connectivity index (χ2v) is 5.24. The highest BCUT2D eigenvalue weighted by molar-refractivity contribution is 5.77. The maximum Gasteiger partial charge on any atom is 0.221 e. The molecule has 1 rings (SSSR count). The third kappa shape index (κ3) is 2.08. The zero-order valence-corrected chi connectivity index (χ0v) is 9.34. The molecule has 0 aromatic heterocycles. The number of rotatable bonds is 2. The van der Waals surface area contributed by atoms with Crippen LogP contribution in [0.5, 0.6) is 0 Å². The first-order chi connectivity index (χ1) is 6.31. The fraction of sp³-hybridized carbons (Fsp3) is 0.909. The number of nitrogens with two attached hydrogens (primary N) is 1. The van der Waals surface area contributed by atoms with Crippen LogP contribution in [0.25, 0.3) is 0 Å². The molecule has 1 amide bonds. The predicted octanol–water partition coefficient (Wildman–Crippen LogP) is 1.44. The number of carbonyl (C=O) groups excluding carboxylic acids is 1. The van der Waals surface area contributed by atoms with Gasteiger partial charge in [-0.2, -0.15) is 0 Å². The van der Waals surface area contributed by atoms with E-state index in [4.69, 9.17) is 5.73 Å². The van der Waals surface area contributed by atoms with Crippen molar-refractivity contribution in [1.29, 1.82) is 0 Å². The van der Waals surface area contributed by atoms with Gasteiger partial charge in [-0.25, -0.2) is 0 Å². The van der Waals surface area contributed by atoms with Gasteiger partial charge >= 0.3 is 0 Å². The summed E-state index contributed by atoms with van der Waals surface area (Å²) in [6.45, 7) is 6.02. The van der Waals surface area contributed by atoms with Crippen LogP contribution in [0.1, 0.15) is 46.5 Å². The van der Waals surface area contributed by atoms with Crippen LogP contribution in [-0.4, -0.2) is 16.6 Å². The predicted molar refractivity (Wildman–Crippen MR) is 55.6 cm³/mol. The van der Waals surface area contributed by atoms with E-state index >= 15 is 0 Å². The highest BCUT2D eigenvalue weighted by Crippen LogP contribution is 2.46. The van der Waals surface area contributed by atoms with Crippen molar-refractivity contribution in [3.63, 3.8) is 0 Å². The molecular formula is C11H21NO2. The van der Waals surface area contributed by atoms with E-state index in [0.717, 1.165) is 6.42 Å². The number of primary amides is 1. The second kappa shape index (κ2) is 3.54. The van der Waals surface area contributed by atoms with Gasteiger partial charge in [-0.3, -0.25) is 4.79 Å². The topological polar surface area (TPSA) is 63.3 Å². The Labute approximate surface area is 85.7 Å². The van der Waals surface area contributed by atoms with E-state index in [-0.39, 0.29) is 17.2 Å². The SMILES string of the molecule is CC[C@@]1(O)CC[C@H](C(N)=O)C(C)(C)C1. The van der Waals surface area contributed by atoms with Crippen molar-refractivity contribution >= 4 is 5.91 Å². The number of hydrogen-bond donors (Lipinski definition) is 2. The quantitative estimate of drug-likeness (QED) is 0.706. The first kappa shape index (κ1) is 11.5. The monoisotopic (exact) mass is 199 g/mol. The first-order valence-corrected chi connectivity index (χ1v) is 5.32. The Morgan fingerprint density at radius 2 is 2.14 bits per heavy atom. The Kier molecular flexibility index (Phi) is 2.91. The lowest BCUT2D eigenvalue weighted by Crippen LogP contribution is -2.47. The molecule has 82 valence electrons. The van der Waals surface area contributed by atoms with Crippen LogP contribution in [0, 0.1) is 11.3 Å². The average molecular weight is 199 g/mol. The van der Waals surface area contributed by atoms with Crippen molar-refractivity contribution in [2.45, 2.75) is 52.1 Å². The second-order valence-electron chi connectivity index (χ2n) is 5.24. The van der Waals surface area contributed by atoms with E-state index in [1.165, 1.54) is 0 Å². The third-order valence-corrected chi connectivity index (χ3v) is 3.63. The van der Waals surface area contributed by atoms with Crippen molar-refractivity contribution in [1.82, 2.24) is 0 Å². The average Bonchev–Trinajstić information content (AvgIpc) is 2.01. The molecular weight excluding hydrogens is 178 g/mol. The zero-order chi connectivity index (χ0) is 11.0. The Balaban J connectivity index is 2.80. The van der Waals surface area contributed by atoms with Gasteiger partial charge in [0, 0.05) is 5.92 Å². The molecule has 0 saturated heterocycles. The lowest BCUT2D eigenvalue weighted by Gasteiger charge is -2.45. The molecule has 0 bridgehead atoms. The van der Waals surface area contributed by atoms with Crippen molar-refractivity contribution in [3.05, 3.63) is 0 Å². The van der Waals surface area contributed by atoms with Gasteiger partial charge in [0.15, 0.2) is 0 Å². The van der Waals surface area contributed by atoms with Crippen LogP contribution in [0.2, 0.25) is 0 Å². The standard InChI is InChI=1S/C11H21NO2/c1-4-11(14)6-5-8(9(12)13)10(2,3)7-11/h8,14H,4-7H2,1-3H3,(H2,12,13)/t8-,11-/m1/s1. The van der Waals surface area contributed by atoms with Crippen LogP contribution >= 0.6 is 0 Å². The van der Waals surface area contributed by atoms with Gasteiger partial charge in [0.25, 0.3) is 0 Å². The van der Waals surface area contributed by atoms with E-state index in [1.54, 1.807) is 0 Å². The normalized spacial score (nSPS) is 36.7. The Hall–Kier alpha value is -0.570. The van der Waals surface area contributed by atoms with Crippen molar-refractivity contribution in [3.8, 4) is 0 Å². The van der Waals surface area contributed by atoms with Crippen molar-refractivity contribution in [2.75, 3.05) is 0 Å². The lowest BCUT2D eigenvalue weighted by molar-refractivity contribution is -0.133. The minimum Gasteiger partial charge on any atom is -0.390 e. The number of aliphatic hydroxyl groups is 1. The summed E-state index contributed by atoms with van der Waals surface area (Å²) in [5, 5.41) is 10.2. The molecule has 0 heterocycles. The number of hydrogen-bond acceptors (Lipinski definition) is 2. The molecule has 1 aliphatic carbocycles. The Morgan fingerprint density at radius 1 is 1.57 bits per heavy atom. The lowest BCUT2D eigenvalue weighted by atomic mass is 9.62. The molecule has 2 atom stereocenters. The van der Waals surface area contributed by atoms with Crippen LogP contribution in [0.15, 0.2) is 0 Å². The van der Waals surface area contributed by atoms with E-state index in [0.29, 0.717) is 19.3 Å². The summed E-state index contributed by atoms with van der Waals surface area (Å²) in [4.78, 5) is 11.2. The molecule has 0 aromatic rings. The summed E-state index contributed by atoms with van der Waals surface area (Å²) < 4.78 is 0. The maximum atomic E-state index is 11.2. The van der Waals surface area contributed by atoms with Gasteiger partial charge in [-0.15, -0.1) is 0 Å². The van der Waals surface area contributed by atoms with E-state index in [2.05, 4.69) is 0 Å². The summed E-state index contributed by atoms with van der Waals surface area (Å²) in [5.74, 6) is -0.317. The van der Waals surface area contributed by atoms with Crippen LogP contribution in [0.4, 0.5) is 0 Å². The third-order valence-electron chi connectivity index (χ3n) is 3.63. The van der Waals surface area contributed by atoms with E-state index < -0.39 is 5.60 Å². The van der Waals surface area contributed by atoms with Gasteiger partial charge in [0.2, 0.25) is 5.91 Å². The minimum absolute atomic E-state index is 0.0886. The molecule has 3 N–H and O–H groups in total. The van der Waals surface area contributed by atoms with E-state index in [1.807, 2.05) is 20.8 Å². The molecule has 1 fully saturated rings. The largest absolute Gasteiger partial charge is 0.390 e. The van der Waals surface area contributed by atoms with Crippen molar-refractivity contribution in [2.24, 2.45) is 17.1 Å². The Morgan fingerprint density at radius 3 is 2.50 bits per heavy atom. The summed E-state index contributed by atoms with van der Waals surface area (Å²) in [6, 6.07) is 0. The highest BCUT2D eigenvalue weighted by atomic mass is 16.3. The molecule has 14 heavy (non-hydrogen) atoms. The molecule has 0 aliphatic heterocycles. The smallest absolute Gasteiger partial charge is 0.221 e. The summed E-state index contributed by atoms with van der Waals surface area (Å²) in [7, 11) is 0. The summed E-state index contributed by atoms with van der Waals surface area (Å²) >= 11 is 0. The molecule has 0 spiro atoms. The first-order valence-electron chi connectivity index (χ1n) is 5.32. The Bertz CT molecular complexity index is 237.